The zero-order chi connectivity index (χ0) is 25.2. The number of nitrogens with zero attached hydrogens (tertiary/aromatic N) is 4. The fourth-order valence-electron chi connectivity index (χ4n) is 3.85. The molecule has 35 heavy (non-hydrogen) atoms. The van der Waals surface area contributed by atoms with Gasteiger partial charge in [-0.1, -0.05) is 0 Å². The second-order valence-electron chi connectivity index (χ2n) is 9.07. The van der Waals surface area contributed by atoms with Gasteiger partial charge in [-0.2, -0.15) is 0 Å². The Morgan fingerprint density at radius 2 is 2.09 bits per heavy atom. The summed E-state index contributed by atoms with van der Waals surface area (Å²) < 4.78 is 19.1. The van der Waals surface area contributed by atoms with Crippen LogP contribution in [0.2, 0.25) is 0 Å². The molecule has 0 radical (unpaired) electrons. The Morgan fingerprint density at radius 1 is 1.29 bits per heavy atom. The molecule has 1 unspecified atom stereocenters. The van der Waals surface area contributed by atoms with Crippen LogP contribution in [0.1, 0.15) is 37.4 Å². The molecule has 1 N–H and O–H groups in total. The molecular formula is C24H30BrN5O4S. The number of nitrogens with one attached hydrogen (secondary N) is 1. The number of hydrogen-bond donors (Lipinski definition) is 1. The zero-order valence-electron chi connectivity index (χ0n) is 20.5. The van der Waals surface area contributed by atoms with E-state index in [4.69, 9.17) is 19.2 Å². The summed E-state index contributed by atoms with van der Waals surface area (Å²) in [4.78, 5) is 23.8. The Labute approximate surface area is 217 Å². The Bertz CT molecular complexity index is 1210. The average Bonchev–Trinajstić information content (AvgIpc) is 3.18. The van der Waals surface area contributed by atoms with E-state index in [-0.39, 0.29) is 11.3 Å². The van der Waals surface area contributed by atoms with E-state index < -0.39 is 5.60 Å². The van der Waals surface area contributed by atoms with Gasteiger partial charge in [0.1, 0.15) is 33.0 Å². The van der Waals surface area contributed by atoms with E-state index in [0.717, 1.165) is 34.2 Å². The maximum absolute atomic E-state index is 12.6. The first kappa shape index (κ1) is 25.4. The van der Waals surface area contributed by atoms with Gasteiger partial charge < -0.3 is 24.4 Å². The van der Waals surface area contributed by atoms with Crippen LogP contribution in [0.4, 0.5) is 10.6 Å². The van der Waals surface area contributed by atoms with E-state index >= 15 is 0 Å². The molecule has 2 aromatic heterocycles. The minimum Gasteiger partial charge on any atom is -0.497 e. The molecule has 188 valence electrons. The van der Waals surface area contributed by atoms with Gasteiger partial charge in [0.15, 0.2) is 5.82 Å². The molecule has 4 rings (SSSR count). The van der Waals surface area contributed by atoms with Crippen molar-refractivity contribution in [3.63, 3.8) is 0 Å². The number of ether oxygens (including phenoxy) is 3. The zero-order valence-corrected chi connectivity index (χ0v) is 22.9. The van der Waals surface area contributed by atoms with Crippen LogP contribution in [0.3, 0.4) is 0 Å². The van der Waals surface area contributed by atoms with Crippen LogP contribution in [-0.2, 0) is 11.3 Å². The Kier molecular flexibility index (Phi) is 7.65. The highest BCUT2D eigenvalue weighted by Gasteiger charge is 2.31. The number of anilines is 1. The van der Waals surface area contributed by atoms with Gasteiger partial charge in [0, 0.05) is 49.4 Å². The van der Waals surface area contributed by atoms with Crippen molar-refractivity contribution in [3.05, 3.63) is 46.6 Å². The number of fused-ring (bicyclic) bond motifs is 1. The number of aromatic nitrogens is 3. The van der Waals surface area contributed by atoms with Crippen LogP contribution in [0.25, 0.3) is 5.52 Å². The highest BCUT2D eigenvalue weighted by atomic mass is 79.9. The number of carbonyl (C=O) groups is 1. The molecule has 3 heterocycles. The number of amides is 1. The molecule has 1 aromatic carbocycles. The van der Waals surface area contributed by atoms with Crippen LogP contribution in [0, 0.1) is 0 Å². The number of thioether (sulfide) groups is 1. The maximum atomic E-state index is 12.6. The highest BCUT2D eigenvalue weighted by Crippen LogP contribution is 2.37. The lowest BCUT2D eigenvalue weighted by molar-refractivity contribution is 0.0256. The molecule has 0 aliphatic carbocycles. The fraction of sp³-hybridized carbons (Fsp3) is 0.458. The Balaban J connectivity index is 1.56. The lowest BCUT2D eigenvalue weighted by Crippen LogP contribution is -2.42. The summed E-state index contributed by atoms with van der Waals surface area (Å²) in [5, 5.41) is 3.42. The van der Waals surface area contributed by atoms with E-state index in [1.165, 1.54) is 0 Å². The lowest BCUT2D eigenvalue weighted by atomic mass is 10.2. The molecule has 1 amide bonds. The molecule has 1 atom stereocenters. The smallest absolute Gasteiger partial charge is 0.410 e. The van der Waals surface area contributed by atoms with Crippen LogP contribution >= 0.6 is 27.7 Å². The van der Waals surface area contributed by atoms with Crippen molar-refractivity contribution in [1.82, 2.24) is 19.3 Å². The van der Waals surface area contributed by atoms with Gasteiger partial charge in [0.05, 0.1) is 19.5 Å². The van der Waals surface area contributed by atoms with Crippen molar-refractivity contribution in [1.29, 1.82) is 0 Å². The number of rotatable bonds is 6. The van der Waals surface area contributed by atoms with Crippen molar-refractivity contribution in [2.75, 3.05) is 38.4 Å². The number of imidazole rings is 1. The van der Waals surface area contributed by atoms with Gasteiger partial charge in [-0.3, -0.25) is 4.40 Å². The monoisotopic (exact) mass is 563 g/mol. The number of methoxy groups -OCH3 is 2. The summed E-state index contributed by atoms with van der Waals surface area (Å²) in [6.45, 7) is 7.32. The summed E-state index contributed by atoms with van der Waals surface area (Å²) in [6.07, 6.45) is 3.35. The van der Waals surface area contributed by atoms with Gasteiger partial charge in [0.25, 0.3) is 0 Å². The molecule has 0 bridgehead atoms. The van der Waals surface area contributed by atoms with Gasteiger partial charge in [-0.05, 0) is 48.8 Å². The number of benzene rings is 1. The second kappa shape index (κ2) is 10.5. The average molecular weight is 565 g/mol. The summed E-state index contributed by atoms with van der Waals surface area (Å²) in [6, 6.07) is 5.72. The summed E-state index contributed by atoms with van der Waals surface area (Å²) in [7, 11) is 3.27. The summed E-state index contributed by atoms with van der Waals surface area (Å²) >= 11 is 5.41. The molecule has 1 aliphatic heterocycles. The molecule has 1 fully saturated rings. The van der Waals surface area contributed by atoms with Crippen molar-refractivity contribution in [2.45, 2.75) is 38.2 Å². The topological polar surface area (TPSA) is 90.2 Å². The third-order valence-electron chi connectivity index (χ3n) is 5.49. The van der Waals surface area contributed by atoms with E-state index in [2.05, 4.69) is 26.2 Å². The van der Waals surface area contributed by atoms with Crippen molar-refractivity contribution < 1.29 is 19.0 Å². The van der Waals surface area contributed by atoms with Crippen LogP contribution in [0.5, 0.6) is 11.5 Å². The van der Waals surface area contributed by atoms with Gasteiger partial charge in [-0.25, -0.2) is 14.8 Å². The normalized spacial score (nSPS) is 16.3. The predicted molar refractivity (Wildman–Crippen MR) is 141 cm³/mol. The first-order valence-corrected chi connectivity index (χ1v) is 13.1. The molecule has 1 aliphatic rings. The van der Waals surface area contributed by atoms with Gasteiger partial charge in [0.2, 0.25) is 0 Å². The first-order valence-electron chi connectivity index (χ1n) is 11.3. The number of halogens is 1. The quantitative estimate of drug-likeness (QED) is 0.440. The molecular weight excluding hydrogens is 534 g/mol. The Hall–Kier alpha value is -2.66. The van der Waals surface area contributed by atoms with Gasteiger partial charge >= 0.3 is 6.09 Å². The van der Waals surface area contributed by atoms with Crippen molar-refractivity contribution in [3.8, 4) is 11.5 Å². The summed E-state index contributed by atoms with van der Waals surface area (Å²) in [5.74, 6) is 3.83. The second-order valence-corrected chi connectivity index (χ2v) is 11.1. The van der Waals surface area contributed by atoms with Crippen LogP contribution in [0.15, 0.2) is 35.2 Å². The third-order valence-corrected chi connectivity index (χ3v) is 7.22. The number of carbonyl (C=O) groups excluding carboxylic acids is 1. The minimum atomic E-state index is -0.529. The standard InChI is InChI=1S/C24H30BrN5O4S/c1-24(2,3)34-23(31)29-10-11-35-18(14-29)22-28-20(25)19-21(26-8-9-30(19)22)27-13-15-6-7-16(32-4)12-17(15)33-5/h6-9,12,18H,10-11,13-14H2,1-5H3,(H,26,27). The fourth-order valence-corrected chi connectivity index (χ4v) is 5.62. The van der Waals surface area contributed by atoms with Crippen molar-refractivity contribution in [2.24, 2.45) is 0 Å². The predicted octanol–water partition coefficient (Wildman–Crippen LogP) is 5.15. The molecule has 11 heteroatoms. The highest BCUT2D eigenvalue weighted by molar-refractivity contribution is 9.10. The maximum Gasteiger partial charge on any atom is 0.410 e. The van der Waals surface area contributed by atoms with E-state index in [9.17, 15) is 4.79 Å². The molecule has 3 aromatic rings. The van der Waals surface area contributed by atoms with E-state index in [1.54, 1.807) is 37.1 Å². The van der Waals surface area contributed by atoms with Crippen LogP contribution in [-0.4, -0.2) is 64.0 Å². The minimum absolute atomic E-state index is 0.00648. The van der Waals surface area contributed by atoms with Gasteiger partial charge in [-0.15, -0.1) is 11.8 Å². The molecule has 1 saturated heterocycles. The van der Waals surface area contributed by atoms with E-state index in [1.807, 2.05) is 49.6 Å². The first-order chi connectivity index (χ1) is 16.7. The van der Waals surface area contributed by atoms with Crippen molar-refractivity contribution >= 4 is 45.1 Å². The third kappa shape index (κ3) is 5.78. The number of hydrogen-bond acceptors (Lipinski definition) is 8. The van der Waals surface area contributed by atoms with Crippen LogP contribution < -0.4 is 14.8 Å². The molecule has 0 spiro atoms. The Morgan fingerprint density at radius 3 is 2.80 bits per heavy atom. The van der Waals surface area contributed by atoms with E-state index in [0.29, 0.717) is 30.1 Å². The largest absolute Gasteiger partial charge is 0.497 e. The SMILES string of the molecule is COc1ccc(CNc2nccn3c(C4CN(C(=O)OC(C)(C)C)CCS4)nc(Br)c23)c(OC)c1. The lowest BCUT2D eigenvalue weighted by Gasteiger charge is -2.33. The molecule has 0 saturated carbocycles. The summed E-state index contributed by atoms with van der Waals surface area (Å²) in [5.41, 5.74) is 1.28. The molecule has 9 nitrogen and oxygen atoms in total.